The van der Waals surface area contributed by atoms with Crippen molar-refractivity contribution in [2.75, 3.05) is 24.5 Å². The Hall–Kier alpha value is -2.41. The first kappa shape index (κ1) is 15.5. The summed E-state index contributed by atoms with van der Waals surface area (Å²) < 4.78 is 1.61. The normalized spacial score (nSPS) is 20.7. The Labute approximate surface area is 134 Å². The van der Waals surface area contributed by atoms with Crippen LogP contribution >= 0.6 is 0 Å². The molecular weight excluding hydrogens is 294 g/mol. The highest BCUT2D eigenvalue weighted by Gasteiger charge is 2.37. The second-order valence-corrected chi connectivity index (χ2v) is 6.07. The fourth-order valence-corrected chi connectivity index (χ4v) is 2.90. The van der Waals surface area contributed by atoms with Crippen molar-refractivity contribution >= 4 is 11.7 Å². The van der Waals surface area contributed by atoms with E-state index >= 15 is 0 Å². The van der Waals surface area contributed by atoms with Gasteiger partial charge in [-0.25, -0.2) is 4.98 Å². The average Bonchev–Trinajstić information content (AvgIpc) is 3.09. The molecule has 1 unspecified atom stereocenters. The number of hydrogen-bond acceptors (Lipinski definition) is 5. The lowest BCUT2D eigenvalue weighted by Gasteiger charge is -2.24. The van der Waals surface area contributed by atoms with Crippen LogP contribution in [-0.4, -0.2) is 51.0 Å². The molecule has 0 aliphatic carbocycles. The minimum atomic E-state index is -0.941. The SMILES string of the molecule is Cc1nn(C)cc1C(=O)NCC1(O)CCN(c2ccccn2)C1. The van der Waals surface area contributed by atoms with Crippen molar-refractivity contribution < 1.29 is 9.90 Å². The number of nitrogens with one attached hydrogen (secondary N) is 1. The third-order valence-corrected chi connectivity index (χ3v) is 4.14. The number of aliphatic hydroxyl groups is 1. The summed E-state index contributed by atoms with van der Waals surface area (Å²) in [6, 6.07) is 5.71. The molecule has 0 radical (unpaired) electrons. The molecule has 7 nitrogen and oxygen atoms in total. The lowest BCUT2D eigenvalue weighted by Crippen LogP contribution is -2.45. The molecule has 1 aliphatic rings. The van der Waals surface area contributed by atoms with E-state index in [1.54, 1.807) is 31.0 Å². The first-order valence-corrected chi connectivity index (χ1v) is 7.64. The predicted molar refractivity (Wildman–Crippen MR) is 86.3 cm³/mol. The number of pyridine rings is 1. The monoisotopic (exact) mass is 315 g/mol. The van der Waals surface area contributed by atoms with Gasteiger partial charge in [0.05, 0.1) is 11.3 Å². The van der Waals surface area contributed by atoms with Gasteiger partial charge in [-0.2, -0.15) is 5.10 Å². The van der Waals surface area contributed by atoms with E-state index in [1.165, 1.54) is 0 Å². The van der Waals surface area contributed by atoms with E-state index in [0.717, 1.165) is 12.4 Å². The lowest BCUT2D eigenvalue weighted by atomic mass is 10.0. The average molecular weight is 315 g/mol. The molecule has 1 atom stereocenters. The van der Waals surface area contributed by atoms with Crippen LogP contribution in [-0.2, 0) is 7.05 Å². The van der Waals surface area contributed by atoms with Gasteiger partial charge in [0.1, 0.15) is 11.4 Å². The second-order valence-electron chi connectivity index (χ2n) is 6.07. The molecule has 1 saturated heterocycles. The molecule has 1 fully saturated rings. The molecule has 1 amide bonds. The van der Waals surface area contributed by atoms with Crippen LogP contribution in [0.4, 0.5) is 5.82 Å². The molecule has 7 heteroatoms. The Balaban J connectivity index is 1.60. The van der Waals surface area contributed by atoms with E-state index in [9.17, 15) is 9.90 Å². The van der Waals surface area contributed by atoms with Gasteiger partial charge in [-0.1, -0.05) is 6.07 Å². The van der Waals surface area contributed by atoms with Crippen LogP contribution in [0.5, 0.6) is 0 Å². The standard InChI is InChI=1S/C16H21N5O2/c1-12-13(9-20(2)19-12)15(22)18-10-16(23)6-8-21(11-16)14-5-3-4-7-17-14/h3-5,7,9,23H,6,8,10-11H2,1-2H3,(H,18,22). The van der Waals surface area contributed by atoms with E-state index in [2.05, 4.69) is 15.4 Å². The molecule has 0 saturated carbocycles. The van der Waals surface area contributed by atoms with E-state index in [4.69, 9.17) is 0 Å². The van der Waals surface area contributed by atoms with Crippen molar-refractivity contribution in [3.8, 4) is 0 Å². The zero-order valence-corrected chi connectivity index (χ0v) is 13.4. The smallest absolute Gasteiger partial charge is 0.254 e. The summed E-state index contributed by atoms with van der Waals surface area (Å²) in [6.07, 6.45) is 4.01. The minimum Gasteiger partial charge on any atom is -0.386 e. The topological polar surface area (TPSA) is 83.3 Å². The summed E-state index contributed by atoms with van der Waals surface area (Å²) in [4.78, 5) is 18.6. The molecule has 0 aromatic carbocycles. The number of aryl methyl sites for hydroxylation is 2. The minimum absolute atomic E-state index is 0.208. The number of carbonyl (C=O) groups is 1. The molecular formula is C16H21N5O2. The van der Waals surface area contributed by atoms with Crippen molar-refractivity contribution in [3.05, 3.63) is 41.9 Å². The Kier molecular flexibility index (Phi) is 4.04. The summed E-state index contributed by atoms with van der Waals surface area (Å²) >= 11 is 0. The van der Waals surface area contributed by atoms with E-state index in [0.29, 0.717) is 24.2 Å². The van der Waals surface area contributed by atoms with Crippen LogP contribution in [0.3, 0.4) is 0 Å². The van der Waals surface area contributed by atoms with Crippen LogP contribution < -0.4 is 10.2 Å². The van der Waals surface area contributed by atoms with E-state index < -0.39 is 5.60 Å². The maximum Gasteiger partial charge on any atom is 0.254 e. The number of rotatable bonds is 4. The number of aromatic nitrogens is 3. The molecule has 3 rings (SSSR count). The summed E-state index contributed by atoms with van der Waals surface area (Å²) in [5.41, 5.74) is 0.276. The molecule has 122 valence electrons. The van der Waals surface area contributed by atoms with E-state index in [-0.39, 0.29) is 12.5 Å². The molecule has 3 heterocycles. The third kappa shape index (κ3) is 3.34. The van der Waals surface area contributed by atoms with Gasteiger partial charge in [0.15, 0.2) is 0 Å². The Bertz CT molecular complexity index is 700. The van der Waals surface area contributed by atoms with Crippen molar-refractivity contribution in [3.63, 3.8) is 0 Å². The van der Waals surface area contributed by atoms with Gasteiger partial charge < -0.3 is 15.3 Å². The number of carbonyl (C=O) groups excluding carboxylic acids is 1. The molecule has 23 heavy (non-hydrogen) atoms. The largest absolute Gasteiger partial charge is 0.386 e. The second kappa shape index (κ2) is 6.00. The van der Waals surface area contributed by atoms with Crippen molar-refractivity contribution in [2.45, 2.75) is 18.9 Å². The van der Waals surface area contributed by atoms with E-state index in [1.807, 2.05) is 23.1 Å². The van der Waals surface area contributed by atoms with Gasteiger partial charge in [0.2, 0.25) is 0 Å². The number of amides is 1. The maximum absolute atomic E-state index is 12.2. The van der Waals surface area contributed by atoms with Gasteiger partial charge in [0, 0.05) is 39.1 Å². The van der Waals surface area contributed by atoms with Crippen LogP contribution in [0.15, 0.2) is 30.6 Å². The zero-order valence-electron chi connectivity index (χ0n) is 13.4. The van der Waals surface area contributed by atoms with Gasteiger partial charge in [-0.05, 0) is 25.5 Å². The van der Waals surface area contributed by atoms with Gasteiger partial charge in [0.25, 0.3) is 5.91 Å². The quantitative estimate of drug-likeness (QED) is 0.858. The molecule has 0 bridgehead atoms. The zero-order chi connectivity index (χ0) is 16.4. The molecule has 1 aliphatic heterocycles. The van der Waals surface area contributed by atoms with Crippen LogP contribution in [0, 0.1) is 6.92 Å². The Morgan fingerprint density at radius 1 is 1.48 bits per heavy atom. The highest BCUT2D eigenvalue weighted by Crippen LogP contribution is 2.24. The summed E-state index contributed by atoms with van der Waals surface area (Å²) in [7, 11) is 1.78. The maximum atomic E-state index is 12.2. The van der Waals surface area contributed by atoms with Crippen molar-refractivity contribution in [2.24, 2.45) is 7.05 Å². The summed E-state index contributed by atoms with van der Waals surface area (Å²) in [5, 5.41) is 17.7. The van der Waals surface area contributed by atoms with Crippen LogP contribution in [0.1, 0.15) is 22.5 Å². The molecule has 2 aromatic heterocycles. The highest BCUT2D eigenvalue weighted by molar-refractivity contribution is 5.95. The van der Waals surface area contributed by atoms with Crippen LogP contribution in [0.2, 0.25) is 0 Å². The fourth-order valence-electron chi connectivity index (χ4n) is 2.90. The predicted octanol–water partition coefficient (Wildman–Crippen LogP) is 0.495. The Morgan fingerprint density at radius 2 is 2.30 bits per heavy atom. The fraction of sp³-hybridized carbons (Fsp3) is 0.438. The first-order valence-electron chi connectivity index (χ1n) is 7.64. The van der Waals surface area contributed by atoms with Crippen LogP contribution in [0.25, 0.3) is 0 Å². The molecule has 0 spiro atoms. The highest BCUT2D eigenvalue weighted by atomic mass is 16.3. The lowest BCUT2D eigenvalue weighted by molar-refractivity contribution is 0.0575. The summed E-state index contributed by atoms with van der Waals surface area (Å²) in [5.74, 6) is 0.637. The number of nitrogens with zero attached hydrogens (tertiary/aromatic N) is 4. The Morgan fingerprint density at radius 3 is 2.96 bits per heavy atom. The number of anilines is 1. The van der Waals surface area contributed by atoms with Crippen molar-refractivity contribution in [1.82, 2.24) is 20.1 Å². The van der Waals surface area contributed by atoms with Gasteiger partial charge in [-0.3, -0.25) is 9.48 Å². The summed E-state index contributed by atoms with van der Waals surface area (Å²) in [6.45, 7) is 3.18. The third-order valence-electron chi connectivity index (χ3n) is 4.14. The van der Waals surface area contributed by atoms with Gasteiger partial charge in [-0.15, -0.1) is 0 Å². The first-order chi connectivity index (χ1) is 11.0. The number of β-amino-alcohol motifs (C(OH)–C–C–N with tert-alkyl or cyclic N) is 1. The molecule has 2 N–H and O–H groups in total. The van der Waals surface area contributed by atoms with Crippen molar-refractivity contribution in [1.29, 1.82) is 0 Å². The molecule has 2 aromatic rings. The van der Waals surface area contributed by atoms with Gasteiger partial charge >= 0.3 is 0 Å². The number of hydrogen-bond donors (Lipinski definition) is 2.